The molecule has 1 heterocycles. The van der Waals surface area contributed by atoms with Crippen LogP contribution in [-0.2, 0) is 11.2 Å². The van der Waals surface area contributed by atoms with Crippen LogP contribution in [-0.4, -0.2) is 18.2 Å². The summed E-state index contributed by atoms with van der Waals surface area (Å²) in [6.45, 7) is 4.82. The van der Waals surface area contributed by atoms with E-state index in [4.69, 9.17) is 4.74 Å². The van der Waals surface area contributed by atoms with Crippen molar-refractivity contribution < 1.29 is 4.74 Å². The molecule has 0 saturated heterocycles. The van der Waals surface area contributed by atoms with Crippen LogP contribution < -0.4 is 0 Å². The normalized spacial score (nSPS) is 9.91. The molecule has 59 valence electrons. The maximum Gasteiger partial charge on any atom is 0.0521 e. The highest BCUT2D eigenvalue weighted by Crippen LogP contribution is 1.94. The van der Waals surface area contributed by atoms with Gasteiger partial charge in [-0.25, -0.2) is 0 Å². The van der Waals surface area contributed by atoms with E-state index < -0.39 is 0 Å². The summed E-state index contributed by atoms with van der Waals surface area (Å²) < 4.78 is 5.09. The highest BCUT2D eigenvalue weighted by atomic mass is 16.5. The van der Waals surface area contributed by atoms with Gasteiger partial charge in [0.25, 0.3) is 0 Å². The third kappa shape index (κ3) is 3.14. The van der Waals surface area contributed by atoms with Crippen LogP contribution in [0.5, 0.6) is 0 Å². The molecule has 0 aromatic carbocycles. The SMILES string of the molecule is [CH2]COCCc1ccccn1. The molecule has 2 heteroatoms. The lowest BCUT2D eigenvalue weighted by molar-refractivity contribution is 0.163. The van der Waals surface area contributed by atoms with Crippen LogP contribution in [0.25, 0.3) is 0 Å². The largest absolute Gasteiger partial charge is 0.381 e. The number of pyridine rings is 1. The fourth-order valence-electron chi connectivity index (χ4n) is 0.825. The quantitative estimate of drug-likeness (QED) is 0.606. The molecule has 0 saturated carbocycles. The van der Waals surface area contributed by atoms with Crippen molar-refractivity contribution in [3.63, 3.8) is 0 Å². The van der Waals surface area contributed by atoms with E-state index in [1.807, 2.05) is 18.2 Å². The van der Waals surface area contributed by atoms with Crippen LogP contribution in [0.1, 0.15) is 5.69 Å². The molecular formula is C9H12NO. The second-order valence-electron chi connectivity index (χ2n) is 2.18. The topological polar surface area (TPSA) is 22.1 Å². The summed E-state index contributed by atoms with van der Waals surface area (Å²) in [6.07, 6.45) is 2.66. The summed E-state index contributed by atoms with van der Waals surface area (Å²) in [5.74, 6) is 0. The molecule has 0 aliphatic rings. The molecule has 0 aliphatic carbocycles. The average molecular weight is 150 g/mol. The van der Waals surface area contributed by atoms with Gasteiger partial charge >= 0.3 is 0 Å². The fraction of sp³-hybridized carbons (Fsp3) is 0.333. The number of ether oxygens (including phenoxy) is 1. The van der Waals surface area contributed by atoms with Gasteiger partial charge in [0.15, 0.2) is 0 Å². The van der Waals surface area contributed by atoms with E-state index in [-0.39, 0.29) is 0 Å². The molecule has 1 radical (unpaired) electrons. The summed E-state index contributed by atoms with van der Waals surface area (Å²) in [5.41, 5.74) is 1.07. The lowest BCUT2D eigenvalue weighted by atomic mass is 10.3. The van der Waals surface area contributed by atoms with Crippen LogP contribution >= 0.6 is 0 Å². The van der Waals surface area contributed by atoms with E-state index in [0.717, 1.165) is 12.1 Å². The first-order valence-corrected chi connectivity index (χ1v) is 3.70. The maximum absolute atomic E-state index is 5.09. The minimum Gasteiger partial charge on any atom is -0.381 e. The fourth-order valence-corrected chi connectivity index (χ4v) is 0.825. The van der Waals surface area contributed by atoms with Gasteiger partial charge in [-0.2, -0.15) is 0 Å². The zero-order chi connectivity index (χ0) is 7.94. The van der Waals surface area contributed by atoms with Gasteiger partial charge in [0.2, 0.25) is 0 Å². The van der Waals surface area contributed by atoms with Crippen molar-refractivity contribution in [1.82, 2.24) is 4.98 Å². The van der Waals surface area contributed by atoms with E-state index in [9.17, 15) is 0 Å². The smallest absolute Gasteiger partial charge is 0.0521 e. The molecule has 0 atom stereocenters. The standard InChI is InChI=1S/C9H12NO/c1-2-11-8-6-9-5-3-4-7-10-9/h3-5,7H,1-2,6,8H2. The third-order valence-corrected chi connectivity index (χ3v) is 1.37. The number of aromatic nitrogens is 1. The van der Waals surface area contributed by atoms with Crippen LogP contribution in [0, 0.1) is 6.92 Å². The van der Waals surface area contributed by atoms with Crippen molar-refractivity contribution in [2.45, 2.75) is 6.42 Å². The van der Waals surface area contributed by atoms with Gasteiger partial charge in [-0.3, -0.25) is 4.98 Å². The van der Waals surface area contributed by atoms with E-state index >= 15 is 0 Å². The number of nitrogens with zero attached hydrogens (tertiary/aromatic N) is 1. The van der Waals surface area contributed by atoms with Gasteiger partial charge in [0.05, 0.1) is 6.61 Å². The summed E-state index contributed by atoms with van der Waals surface area (Å²) in [7, 11) is 0. The molecule has 0 fully saturated rings. The lowest BCUT2D eigenvalue weighted by Gasteiger charge is -1.99. The van der Waals surface area contributed by atoms with Crippen molar-refractivity contribution >= 4 is 0 Å². The molecule has 0 unspecified atom stereocenters. The van der Waals surface area contributed by atoms with Gasteiger partial charge in [-0.15, -0.1) is 0 Å². The van der Waals surface area contributed by atoms with Gasteiger partial charge in [-0.1, -0.05) is 6.07 Å². The van der Waals surface area contributed by atoms with Gasteiger partial charge in [0.1, 0.15) is 0 Å². The molecule has 11 heavy (non-hydrogen) atoms. The maximum atomic E-state index is 5.09. The first-order chi connectivity index (χ1) is 5.43. The van der Waals surface area contributed by atoms with Crippen molar-refractivity contribution in [2.24, 2.45) is 0 Å². The van der Waals surface area contributed by atoms with E-state index in [1.165, 1.54) is 0 Å². The molecule has 0 spiro atoms. The molecule has 0 bridgehead atoms. The van der Waals surface area contributed by atoms with Crippen LogP contribution in [0.3, 0.4) is 0 Å². The number of rotatable bonds is 4. The second kappa shape index (κ2) is 4.85. The summed E-state index contributed by atoms with van der Waals surface area (Å²) in [5, 5.41) is 0. The van der Waals surface area contributed by atoms with E-state index in [1.54, 1.807) is 6.20 Å². The minimum atomic E-state index is 0.535. The lowest BCUT2D eigenvalue weighted by Crippen LogP contribution is -1.99. The minimum absolute atomic E-state index is 0.535. The molecular weight excluding hydrogens is 138 g/mol. The molecule has 2 nitrogen and oxygen atoms in total. The summed E-state index contributed by atoms with van der Waals surface area (Å²) >= 11 is 0. The second-order valence-corrected chi connectivity index (χ2v) is 2.18. The molecule has 1 aromatic heterocycles. The van der Waals surface area contributed by atoms with Gasteiger partial charge < -0.3 is 4.74 Å². The number of hydrogen-bond donors (Lipinski definition) is 0. The van der Waals surface area contributed by atoms with Crippen molar-refractivity contribution in [3.8, 4) is 0 Å². The Hall–Kier alpha value is -0.890. The van der Waals surface area contributed by atoms with Crippen LogP contribution in [0.4, 0.5) is 0 Å². The Balaban J connectivity index is 2.28. The molecule has 1 rings (SSSR count). The third-order valence-electron chi connectivity index (χ3n) is 1.37. The zero-order valence-corrected chi connectivity index (χ0v) is 6.49. The highest BCUT2D eigenvalue weighted by molar-refractivity contribution is 5.03. The van der Waals surface area contributed by atoms with Crippen molar-refractivity contribution in [2.75, 3.05) is 13.2 Å². The molecule has 0 aliphatic heterocycles. The molecule has 1 aromatic rings. The zero-order valence-electron chi connectivity index (χ0n) is 6.49. The first kappa shape index (κ1) is 8.21. The van der Waals surface area contributed by atoms with Crippen LogP contribution in [0.15, 0.2) is 24.4 Å². The van der Waals surface area contributed by atoms with Crippen molar-refractivity contribution in [3.05, 3.63) is 37.0 Å². The Morgan fingerprint density at radius 1 is 1.45 bits per heavy atom. The Morgan fingerprint density at radius 2 is 2.36 bits per heavy atom. The Morgan fingerprint density at radius 3 is 3.00 bits per heavy atom. The Labute approximate surface area is 67.2 Å². The highest BCUT2D eigenvalue weighted by Gasteiger charge is 1.90. The Kier molecular flexibility index (Phi) is 3.62. The Bertz CT molecular complexity index is 186. The van der Waals surface area contributed by atoms with Gasteiger partial charge in [0, 0.05) is 24.9 Å². The predicted molar refractivity (Wildman–Crippen MR) is 44.1 cm³/mol. The molecule has 0 amide bonds. The first-order valence-electron chi connectivity index (χ1n) is 3.70. The summed E-state index contributed by atoms with van der Waals surface area (Å²) in [6, 6.07) is 5.88. The molecule has 0 N–H and O–H groups in total. The van der Waals surface area contributed by atoms with Crippen LogP contribution in [0.2, 0.25) is 0 Å². The van der Waals surface area contributed by atoms with E-state index in [2.05, 4.69) is 11.9 Å². The van der Waals surface area contributed by atoms with Gasteiger partial charge in [-0.05, 0) is 19.1 Å². The monoisotopic (exact) mass is 150 g/mol. The summed E-state index contributed by atoms with van der Waals surface area (Å²) in [4.78, 5) is 4.15. The van der Waals surface area contributed by atoms with Crippen molar-refractivity contribution in [1.29, 1.82) is 0 Å². The number of hydrogen-bond acceptors (Lipinski definition) is 2. The average Bonchev–Trinajstić information content (AvgIpc) is 2.07. The van der Waals surface area contributed by atoms with E-state index in [0.29, 0.717) is 13.2 Å². The predicted octanol–water partition coefficient (Wildman–Crippen LogP) is 1.47.